The normalized spacial score (nSPS) is 11.4. The van der Waals surface area contributed by atoms with E-state index in [2.05, 4.69) is 266 Å². The fourth-order valence-corrected chi connectivity index (χ4v) is 9.87. The third-order valence-corrected chi connectivity index (χ3v) is 13.0. The lowest BCUT2D eigenvalue weighted by atomic mass is 9.85. The van der Waals surface area contributed by atoms with Gasteiger partial charge < -0.3 is 4.90 Å². The monoisotopic (exact) mass is 825 g/mol. The van der Waals surface area contributed by atoms with Gasteiger partial charge in [0.1, 0.15) is 0 Å². The number of benzene rings is 12. The maximum absolute atomic E-state index is 2.41. The quantitative estimate of drug-likeness (QED) is 0.138. The molecule has 12 rings (SSSR count). The third-order valence-electron chi connectivity index (χ3n) is 13.0. The topological polar surface area (TPSA) is 3.24 Å². The fraction of sp³-hybridized carbons (Fsp3) is 0. The number of hydrogen-bond donors (Lipinski definition) is 0. The van der Waals surface area contributed by atoms with Crippen LogP contribution in [0.3, 0.4) is 0 Å². The first-order chi connectivity index (χ1) is 32.2. The van der Waals surface area contributed by atoms with E-state index in [1.807, 2.05) is 0 Å². The van der Waals surface area contributed by atoms with Gasteiger partial charge in [-0.05, 0) is 141 Å². The number of nitrogens with zero attached hydrogens (tertiary/aromatic N) is 1. The van der Waals surface area contributed by atoms with Crippen molar-refractivity contribution in [2.45, 2.75) is 0 Å². The van der Waals surface area contributed by atoms with Crippen LogP contribution in [0.4, 0.5) is 17.1 Å². The largest absolute Gasteiger partial charge is 0.310 e. The molecule has 0 aliphatic carbocycles. The molecule has 0 aliphatic heterocycles. The molecule has 0 heterocycles. The minimum absolute atomic E-state index is 1.09. The Kier molecular flexibility index (Phi) is 9.58. The summed E-state index contributed by atoms with van der Waals surface area (Å²) < 4.78 is 0. The second-order valence-electron chi connectivity index (χ2n) is 16.9. The van der Waals surface area contributed by atoms with Crippen molar-refractivity contribution in [3.8, 4) is 55.6 Å². The van der Waals surface area contributed by atoms with Gasteiger partial charge >= 0.3 is 0 Å². The van der Waals surface area contributed by atoms with E-state index in [4.69, 9.17) is 0 Å². The molecule has 0 atom stereocenters. The van der Waals surface area contributed by atoms with E-state index >= 15 is 0 Å². The summed E-state index contributed by atoms with van der Waals surface area (Å²) in [6, 6.07) is 95.3. The molecule has 65 heavy (non-hydrogen) atoms. The molecule has 304 valence electrons. The van der Waals surface area contributed by atoms with Crippen LogP contribution in [0.2, 0.25) is 0 Å². The van der Waals surface area contributed by atoms with Crippen LogP contribution in [-0.4, -0.2) is 0 Å². The molecule has 0 amide bonds. The number of rotatable bonds is 8. The fourth-order valence-electron chi connectivity index (χ4n) is 9.87. The van der Waals surface area contributed by atoms with Crippen LogP contribution in [0.25, 0.3) is 98.7 Å². The molecule has 0 aromatic heterocycles. The molecule has 12 aromatic carbocycles. The van der Waals surface area contributed by atoms with Crippen molar-refractivity contribution in [1.82, 2.24) is 0 Å². The van der Waals surface area contributed by atoms with Gasteiger partial charge in [-0.15, -0.1) is 0 Å². The van der Waals surface area contributed by atoms with Crippen molar-refractivity contribution in [2.75, 3.05) is 4.90 Å². The molecule has 0 radical (unpaired) electrons. The number of anilines is 3. The van der Waals surface area contributed by atoms with E-state index in [1.165, 1.54) is 98.7 Å². The molecule has 0 saturated carbocycles. The lowest BCUT2D eigenvalue weighted by molar-refractivity contribution is 1.29. The zero-order chi connectivity index (χ0) is 43.1. The van der Waals surface area contributed by atoms with Crippen LogP contribution in [0, 0.1) is 0 Å². The van der Waals surface area contributed by atoms with Gasteiger partial charge in [0.15, 0.2) is 0 Å². The minimum Gasteiger partial charge on any atom is -0.310 e. The summed E-state index contributed by atoms with van der Waals surface area (Å²) >= 11 is 0. The van der Waals surface area contributed by atoms with Gasteiger partial charge in [0, 0.05) is 17.1 Å². The van der Waals surface area contributed by atoms with E-state index in [1.54, 1.807) is 0 Å². The van der Waals surface area contributed by atoms with Crippen molar-refractivity contribution >= 4 is 60.2 Å². The summed E-state index contributed by atoms with van der Waals surface area (Å²) in [6.07, 6.45) is 0. The zero-order valence-electron chi connectivity index (χ0n) is 35.8. The molecule has 12 aromatic rings. The molecule has 0 N–H and O–H groups in total. The Morgan fingerprint density at radius 3 is 1.31 bits per heavy atom. The lowest BCUT2D eigenvalue weighted by Gasteiger charge is -2.27. The Labute approximate surface area is 379 Å². The van der Waals surface area contributed by atoms with Crippen molar-refractivity contribution in [3.63, 3.8) is 0 Å². The first-order valence-corrected chi connectivity index (χ1v) is 22.4. The van der Waals surface area contributed by atoms with Gasteiger partial charge in [0.25, 0.3) is 0 Å². The van der Waals surface area contributed by atoms with Gasteiger partial charge in [-0.25, -0.2) is 0 Å². The molecule has 0 unspecified atom stereocenters. The first kappa shape index (κ1) is 38.2. The van der Waals surface area contributed by atoms with Crippen molar-refractivity contribution in [1.29, 1.82) is 0 Å². The van der Waals surface area contributed by atoms with E-state index in [0.717, 1.165) is 17.1 Å². The summed E-state index contributed by atoms with van der Waals surface area (Å²) in [6.45, 7) is 0. The van der Waals surface area contributed by atoms with Gasteiger partial charge in [-0.2, -0.15) is 0 Å². The molecule has 1 heteroatoms. The van der Waals surface area contributed by atoms with Crippen molar-refractivity contribution in [2.24, 2.45) is 0 Å². The first-order valence-electron chi connectivity index (χ1n) is 22.4. The smallest absolute Gasteiger partial charge is 0.0468 e. The minimum atomic E-state index is 1.09. The summed E-state index contributed by atoms with van der Waals surface area (Å²) in [4.78, 5) is 2.41. The predicted octanol–water partition coefficient (Wildman–Crippen LogP) is 18.1. The molecule has 0 bridgehead atoms. The summed E-state index contributed by atoms with van der Waals surface area (Å²) in [5.74, 6) is 0. The van der Waals surface area contributed by atoms with Crippen LogP contribution in [-0.2, 0) is 0 Å². The van der Waals surface area contributed by atoms with Crippen LogP contribution < -0.4 is 4.90 Å². The third kappa shape index (κ3) is 7.01. The highest BCUT2D eigenvalue weighted by molar-refractivity contribution is 6.22. The van der Waals surface area contributed by atoms with E-state index in [-0.39, 0.29) is 0 Å². The predicted molar refractivity (Wildman–Crippen MR) is 278 cm³/mol. The highest BCUT2D eigenvalue weighted by Gasteiger charge is 2.21. The Morgan fingerprint density at radius 2 is 0.646 bits per heavy atom. The molecule has 0 aliphatic rings. The van der Waals surface area contributed by atoms with E-state index in [9.17, 15) is 0 Å². The Morgan fingerprint density at radius 1 is 0.200 bits per heavy atom. The average molecular weight is 826 g/mol. The Bertz CT molecular complexity index is 3660. The number of hydrogen-bond acceptors (Lipinski definition) is 1. The summed E-state index contributed by atoms with van der Waals surface area (Å²) in [5, 5.41) is 9.96. The molecular weight excluding hydrogens is 783 g/mol. The van der Waals surface area contributed by atoms with Crippen LogP contribution in [0.15, 0.2) is 261 Å². The molecule has 0 fully saturated rings. The van der Waals surface area contributed by atoms with E-state index in [0.29, 0.717) is 0 Å². The summed E-state index contributed by atoms with van der Waals surface area (Å²) in [5.41, 5.74) is 15.4. The number of fused-ring (bicyclic) bond motifs is 5. The second-order valence-corrected chi connectivity index (χ2v) is 16.9. The van der Waals surface area contributed by atoms with Gasteiger partial charge in [0.2, 0.25) is 0 Å². The second kappa shape index (κ2) is 16.3. The maximum atomic E-state index is 2.41. The lowest BCUT2D eigenvalue weighted by Crippen LogP contribution is -2.10. The van der Waals surface area contributed by atoms with Gasteiger partial charge in [0.05, 0.1) is 0 Å². The zero-order valence-corrected chi connectivity index (χ0v) is 35.8. The molecular formula is C64H43N. The van der Waals surface area contributed by atoms with E-state index < -0.39 is 0 Å². The van der Waals surface area contributed by atoms with Crippen molar-refractivity contribution < 1.29 is 0 Å². The van der Waals surface area contributed by atoms with Crippen LogP contribution in [0.5, 0.6) is 0 Å². The Balaban J connectivity index is 1.00. The van der Waals surface area contributed by atoms with Crippen LogP contribution in [0.1, 0.15) is 0 Å². The maximum Gasteiger partial charge on any atom is 0.0468 e. The standard InChI is InChI=1S/C64H43N/c1-3-16-50(17-4-1)63-61-24-12-11-23-59(61)60-41-40-56(43-62(60)64(63)51-18-5-2-6-19-51)65(55-38-34-47(35-39-55)53-31-28-44-14-7-8-20-52(44)42-53)54-36-32-46(33-37-54)45-26-29-49(30-27-45)58-25-13-21-48-15-9-10-22-57(48)58/h1-43H. The highest BCUT2D eigenvalue weighted by atomic mass is 15.1. The van der Waals surface area contributed by atoms with Crippen LogP contribution >= 0.6 is 0 Å². The molecule has 0 saturated heterocycles. The van der Waals surface area contributed by atoms with Gasteiger partial charge in [-0.3, -0.25) is 0 Å². The molecule has 1 nitrogen and oxygen atoms in total. The van der Waals surface area contributed by atoms with Crippen molar-refractivity contribution in [3.05, 3.63) is 261 Å². The summed E-state index contributed by atoms with van der Waals surface area (Å²) in [7, 11) is 0. The Hall–Kier alpha value is -8.52. The average Bonchev–Trinajstić information content (AvgIpc) is 3.39. The highest BCUT2D eigenvalue weighted by Crippen LogP contribution is 2.47. The SMILES string of the molecule is c1ccc(-c2c(-c3ccccc3)c3cc(N(c4ccc(-c5ccc(-c6cccc7ccccc67)cc5)cc4)c4ccc(-c5ccc6ccccc6c5)cc4)ccc3c3ccccc23)cc1. The molecule has 0 spiro atoms. The van der Waals surface area contributed by atoms with Gasteiger partial charge in [-0.1, -0.05) is 218 Å².